The Balaban J connectivity index is 2.05. The van der Waals surface area contributed by atoms with Gasteiger partial charge in [-0.15, -0.1) is 0 Å². The first kappa shape index (κ1) is 18.2. The van der Waals surface area contributed by atoms with Crippen molar-refractivity contribution in [1.82, 2.24) is 14.6 Å². The molecular weight excluding hydrogens is 331 g/mol. The molecule has 1 fully saturated rings. The molecule has 0 saturated carbocycles. The number of alkyl halides is 3. The van der Waals surface area contributed by atoms with Gasteiger partial charge in [-0.1, -0.05) is 6.92 Å². The number of rotatable bonds is 5. The SMILES string of the molecule is CCNCC1CCN(S(=O)(=O)c2ccc(C(F)(F)F)nc2)CC1. The predicted molar refractivity (Wildman–Crippen MR) is 79.3 cm³/mol. The molecule has 0 radical (unpaired) electrons. The molecule has 1 saturated heterocycles. The molecule has 130 valence electrons. The Morgan fingerprint density at radius 1 is 1.30 bits per heavy atom. The Kier molecular flexibility index (Phi) is 5.64. The number of nitrogens with one attached hydrogen (secondary N) is 1. The highest BCUT2D eigenvalue weighted by Gasteiger charge is 2.34. The van der Waals surface area contributed by atoms with Crippen molar-refractivity contribution in [2.75, 3.05) is 26.2 Å². The topological polar surface area (TPSA) is 62.3 Å². The summed E-state index contributed by atoms with van der Waals surface area (Å²) in [4.78, 5) is 3.03. The summed E-state index contributed by atoms with van der Waals surface area (Å²) >= 11 is 0. The average Bonchev–Trinajstić information content (AvgIpc) is 2.52. The first-order valence-electron chi connectivity index (χ1n) is 7.49. The summed E-state index contributed by atoms with van der Waals surface area (Å²) < 4.78 is 63.7. The van der Waals surface area contributed by atoms with Gasteiger partial charge in [0.1, 0.15) is 10.6 Å². The predicted octanol–water partition coefficient (Wildman–Crippen LogP) is 2.11. The number of hydrogen-bond acceptors (Lipinski definition) is 4. The largest absolute Gasteiger partial charge is 0.433 e. The van der Waals surface area contributed by atoms with Crippen molar-refractivity contribution in [2.45, 2.75) is 30.8 Å². The molecule has 0 amide bonds. The third kappa shape index (κ3) is 4.42. The molecule has 1 aromatic heterocycles. The molecule has 2 heterocycles. The Hall–Kier alpha value is -1.19. The second-order valence-electron chi connectivity index (χ2n) is 5.53. The van der Waals surface area contributed by atoms with Crippen LogP contribution in [0.3, 0.4) is 0 Å². The van der Waals surface area contributed by atoms with Crippen LogP contribution in [0.2, 0.25) is 0 Å². The van der Waals surface area contributed by atoms with Crippen molar-refractivity contribution in [3.05, 3.63) is 24.0 Å². The van der Waals surface area contributed by atoms with Crippen molar-refractivity contribution < 1.29 is 21.6 Å². The molecular formula is C14H20F3N3O2S. The molecule has 9 heteroatoms. The molecule has 2 rings (SSSR count). The van der Waals surface area contributed by atoms with Gasteiger partial charge < -0.3 is 5.32 Å². The molecule has 0 spiro atoms. The van der Waals surface area contributed by atoms with Crippen LogP contribution in [-0.2, 0) is 16.2 Å². The van der Waals surface area contributed by atoms with Crippen LogP contribution in [0.4, 0.5) is 13.2 Å². The fraction of sp³-hybridized carbons (Fsp3) is 0.643. The van der Waals surface area contributed by atoms with E-state index in [4.69, 9.17) is 0 Å². The van der Waals surface area contributed by atoms with Gasteiger partial charge in [0.25, 0.3) is 0 Å². The zero-order valence-corrected chi connectivity index (χ0v) is 13.6. The number of aromatic nitrogens is 1. The summed E-state index contributed by atoms with van der Waals surface area (Å²) in [6, 6.07) is 1.67. The van der Waals surface area contributed by atoms with Gasteiger partial charge in [-0.2, -0.15) is 17.5 Å². The zero-order chi connectivity index (χ0) is 17.1. The Morgan fingerprint density at radius 3 is 2.43 bits per heavy atom. The number of pyridine rings is 1. The van der Waals surface area contributed by atoms with E-state index in [1.807, 2.05) is 6.92 Å². The molecule has 0 unspecified atom stereocenters. The lowest BCUT2D eigenvalue weighted by molar-refractivity contribution is -0.141. The van der Waals surface area contributed by atoms with Gasteiger partial charge in [-0.05, 0) is 44.0 Å². The maximum Gasteiger partial charge on any atom is 0.433 e. The van der Waals surface area contributed by atoms with E-state index >= 15 is 0 Å². The van der Waals surface area contributed by atoms with Crippen LogP contribution in [0.25, 0.3) is 0 Å². The van der Waals surface area contributed by atoms with Crippen molar-refractivity contribution in [2.24, 2.45) is 5.92 Å². The molecule has 1 aliphatic heterocycles. The Labute approximate surface area is 133 Å². The fourth-order valence-corrected chi connectivity index (χ4v) is 3.97. The lowest BCUT2D eigenvalue weighted by Crippen LogP contribution is -2.40. The van der Waals surface area contributed by atoms with Gasteiger partial charge in [-0.3, -0.25) is 4.98 Å². The van der Waals surface area contributed by atoms with E-state index in [0.717, 1.165) is 38.2 Å². The standard InChI is InChI=1S/C14H20F3N3O2S/c1-2-18-9-11-5-7-20(8-6-11)23(21,22)12-3-4-13(19-10-12)14(15,16)17/h3-4,10-11,18H,2,5-9H2,1H3. The minimum atomic E-state index is -4.58. The van der Waals surface area contributed by atoms with Crippen LogP contribution in [0.1, 0.15) is 25.5 Å². The summed E-state index contributed by atoms with van der Waals surface area (Å²) in [6.45, 7) is 4.48. The number of hydrogen-bond donors (Lipinski definition) is 1. The summed E-state index contributed by atoms with van der Waals surface area (Å²) in [6.07, 6.45) is -2.32. The first-order valence-corrected chi connectivity index (χ1v) is 8.93. The average molecular weight is 351 g/mol. The van der Waals surface area contributed by atoms with E-state index in [9.17, 15) is 21.6 Å². The second-order valence-corrected chi connectivity index (χ2v) is 7.47. The molecule has 0 bridgehead atoms. The fourth-order valence-electron chi connectivity index (χ4n) is 2.55. The molecule has 1 N–H and O–H groups in total. The lowest BCUT2D eigenvalue weighted by Gasteiger charge is -2.31. The highest BCUT2D eigenvalue weighted by atomic mass is 32.2. The van der Waals surface area contributed by atoms with E-state index in [-0.39, 0.29) is 4.90 Å². The third-order valence-electron chi connectivity index (χ3n) is 3.92. The van der Waals surface area contributed by atoms with E-state index in [1.165, 1.54) is 4.31 Å². The Morgan fingerprint density at radius 2 is 1.96 bits per heavy atom. The van der Waals surface area contributed by atoms with E-state index in [2.05, 4.69) is 10.3 Å². The van der Waals surface area contributed by atoms with Crippen molar-refractivity contribution in [1.29, 1.82) is 0 Å². The van der Waals surface area contributed by atoms with Crippen LogP contribution in [-0.4, -0.2) is 43.9 Å². The van der Waals surface area contributed by atoms with Gasteiger partial charge in [0.2, 0.25) is 10.0 Å². The normalized spacial score (nSPS) is 18.3. The Bertz CT molecular complexity index is 609. The van der Waals surface area contributed by atoms with Gasteiger partial charge in [-0.25, -0.2) is 8.42 Å². The maximum atomic E-state index is 12.5. The van der Waals surface area contributed by atoms with Crippen LogP contribution in [0.15, 0.2) is 23.2 Å². The summed E-state index contributed by atoms with van der Waals surface area (Å²) in [7, 11) is -3.79. The molecule has 1 aromatic rings. The summed E-state index contributed by atoms with van der Waals surface area (Å²) in [5, 5.41) is 3.24. The first-order chi connectivity index (χ1) is 10.7. The highest BCUT2D eigenvalue weighted by Crippen LogP contribution is 2.29. The number of halogens is 3. The number of nitrogens with zero attached hydrogens (tertiary/aromatic N) is 2. The quantitative estimate of drug-likeness (QED) is 0.883. The van der Waals surface area contributed by atoms with Gasteiger partial charge >= 0.3 is 6.18 Å². The third-order valence-corrected chi connectivity index (χ3v) is 5.80. The molecule has 0 atom stereocenters. The minimum Gasteiger partial charge on any atom is -0.317 e. The van der Waals surface area contributed by atoms with Gasteiger partial charge in [0.15, 0.2) is 0 Å². The molecule has 1 aliphatic rings. The van der Waals surface area contributed by atoms with Crippen LogP contribution in [0.5, 0.6) is 0 Å². The van der Waals surface area contributed by atoms with Crippen molar-refractivity contribution in [3.8, 4) is 0 Å². The highest BCUT2D eigenvalue weighted by molar-refractivity contribution is 7.89. The number of sulfonamides is 1. The lowest BCUT2D eigenvalue weighted by atomic mass is 9.98. The molecule has 0 aliphatic carbocycles. The smallest absolute Gasteiger partial charge is 0.317 e. The van der Waals surface area contributed by atoms with E-state index in [1.54, 1.807) is 0 Å². The van der Waals surface area contributed by atoms with Gasteiger partial charge in [0, 0.05) is 19.3 Å². The minimum absolute atomic E-state index is 0.198. The van der Waals surface area contributed by atoms with Crippen LogP contribution < -0.4 is 5.32 Å². The zero-order valence-electron chi connectivity index (χ0n) is 12.8. The van der Waals surface area contributed by atoms with Gasteiger partial charge in [0.05, 0.1) is 0 Å². The van der Waals surface area contributed by atoms with Crippen LogP contribution in [0, 0.1) is 5.92 Å². The van der Waals surface area contributed by atoms with E-state index < -0.39 is 21.9 Å². The monoisotopic (exact) mass is 351 g/mol. The second kappa shape index (κ2) is 7.14. The molecule has 5 nitrogen and oxygen atoms in total. The van der Waals surface area contributed by atoms with Crippen molar-refractivity contribution >= 4 is 10.0 Å². The van der Waals surface area contributed by atoms with E-state index in [0.29, 0.717) is 25.1 Å². The van der Waals surface area contributed by atoms with Crippen molar-refractivity contribution in [3.63, 3.8) is 0 Å². The maximum absolute atomic E-state index is 12.5. The molecule has 23 heavy (non-hydrogen) atoms. The molecule has 0 aromatic carbocycles. The number of piperidine rings is 1. The summed E-state index contributed by atoms with van der Waals surface area (Å²) in [5.41, 5.74) is -1.10. The summed E-state index contributed by atoms with van der Waals surface area (Å²) in [5.74, 6) is 0.423. The van der Waals surface area contributed by atoms with Crippen LogP contribution >= 0.6 is 0 Å².